The molecule has 0 bridgehead atoms. The Morgan fingerprint density at radius 1 is 1.35 bits per heavy atom. The number of nitrogens with two attached hydrogens (primary N) is 1. The van der Waals surface area contributed by atoms with Crippen molar-refractivity contribution >= 4 is 11.7 Å². The number of anilines is 1. The van der Waals surface area contributed by atoms with E-state index in [2.05, 4.69) is 0 Å². The third-order valence-corrected chi connectivity index (χ3v) is 2.44. The van der Waals surface area contributed by atoms with Gasteiger partial charge in [0.25, 0.3) is 0 Å². The summed E-state index contributed by atoms with van der Waals surface area (Å²) in [7, 11) is 0. The average Bonchev–Trinajstić information content (AvgIpc) is 2.28. The fourth-order valence-electron chi connectivity index (χ4n) is 1.47. The lowest BCUT2D eigenvalue weighted by atomic mass is 9.99. The highest BCUT2D eigenvalue weighted by Crippen LogP contribution is 2.25. The summed E-state index contributed by atoms with van der Waals surface area (Å²) >= 11 is 0. The zero-order valence-corrected chi connectivity index (χ0v) is 9.08. The third kappa shape index (κ3) is 3.16. The molecule has 2 unspecified atom stereocenters. The van der Waals surface area contributed by atoms with Crippen molar-refractivity contribution in [1.29, 1.82) is 0 Å². The molecule has 17 heavy (non-hydrogen) atoms. The molecule has 0 aliphatic rings. The summed E-state index contributed by atoms with van der Waals surface area (Å²) in [5.74, 6) is -1.12. The van der Waals surface area contributed by atoms with E-state index in [1.165, 1.54) is 18.2 Å². The molecule has 0 saturated heterocycles. The van der Waals surface area contributed by atoms with E-state index in [4.69, 9.17) is 15.9 Å². The maximum atomic E-state index is 10.7. The van der Waals surface area contributed by atoms with E-state index >= 15 is 0 Å². The molecule has 0 aliphatic heterocycles. The number of aliphatic hydroxyl groups is 3. The van der Waals surface area contributed by atoms with E-state index in [0.717, 1.165) is 0 Å². The first-order valence-electron chi connectivity index (χ1n) is 5.07. The van der Waals surface area contributed by atoms with Crippen LogP contribution >= 0.6 is 0 Å². The molecule has 2 atom stereocenters. The van der Waals surface area contributed by atoms with E-state index in [1.807, 2.05) is 0 Å². The highest BCUT2D eigenvalue weighted by Gasteiger charge is 2.20. The SMILES string of the molecule is Nc1cc(C(=O)O)ccc1C(O)C(O)CCO. The number of carbonyl (C=O) groups is 1. The normalized spacial score (nSPS) is 14.3. The number of benzene rings is 1. The molecule has 6 heteroatoms. The standard InChI is InChI=1S/C11H15NO5/c12-8-5-6(11(16)17)1-2-7(8)10(15)9(14)3-4-13/h1-2,5,9-10,13-15H,3-4,12H2,(H,16,17). The van der Waals surface area contributed by atoms with Gasteiger partial charge >= 0.3 is 5.97 Å². The van der Waals surface area contributed by atoms with Crippen molar-refractivity contribution in [3.8, 4) is 0 Å². The lowest BCUT2D eigenvalue weighted by Crippen LogP contribution is -2.20. The van der Waals surface area contributed by atoms with Crippen molar-refractivity contribution in [2.24, 2.45) is 0 Å². The summed E-state index contributed by atoms with van der Waals surface area (Å²) in [4.78, 5) is 10.7. The van der Waals surface area contributed by atoms with Gasteiger partial charge in [-0.25, -0.2) is 4.79 Å². The molecule has 6 nitrogen and oxygen atoms in total. The van der Waals surface area contributed by atoms with Crippen LogP contribution in [0, 0.1) is 0 Å². The largest absolute Gasteiger partial charge is 0.478 e. The number of nitrogen functional groups attached to an aromatic ring is 1. The Bertz CT molecular complexity index is 407. The highest BCUT2D eigenvalue weighted by molar-refractivity contribution is 5.89. The molecule has 0 radical (unpaired) electrons. The number of rotatable bonds is 5. The fourth-order valence-corrected chi connectivity index (χ4v) is 1.47. The number of aromatic carboxylic acids is 1. The Morgan fingerprint density at radius 3 is 2.47 bits per heavy atom. The second-order valence-electron chi connectivity index (χ2n) is 3.67. The van der Waals surface area contributed by atoms with Gasteiger partial charge in [0.15, 0.2) is 0 Å². The zero-order valence-electron chi connectivity index (χ0n) is 9.08. The summed E-state index contributed by atoms with van der Waals surface area (Å²) in [6.07, 6.45) is -2.37. The predicted octanol–water partition coefficient (Wildman–Crippen LogP) is -0.256. The molecule has 0 spiro atoms. The van der Waals surface area contributed by atoms with Crippen molar-refractivity contribution in [2.45, 2.75) is 18.6 Å². The molecule has 0 heterocycles. The third-order valence-electron chi connectivity index (χ3n) is 2.44. The van der Waals surface area contributed by atoms with Gasteiger partial charge in [0, 0.05) is 17.9 Å². The van der Waals surface area contributed by atoms with Gasteiger partial charge in [-0.3, -0.25) is 0 Å². The molecular weight excluding hydrogens is 226 g/mol. The van der Waals surface area contributed by atoms with Gasteiger partial charge < -0.3 is 26.2 Å². The van der Waals surface area contributed by atoms with Gasteiger partial charge in [0.1, 0.15) is 6.10 Å². The number of aliphatic hydroxyl groups excluding tert-OH is 3. The van der Waals surface area contributed by atoms with Crippen molar-refractivity contribution in [3.05, 3.63) is 29.3 Å². The summed E-state index contributed by atoms with van der Waals surface area (Å²) in [6, 6.07) is 3.86. The lowest BCUT2D eigenvalue weighted by molar-refractivity contribution is 0.00460. The summed E-state index contributed by atoms with van der Waals surface area (Å²) in [5, 5.41) is 36.6. The van der Waals surface area contributed by atoms with Gasteiger partial charge in [-0.2, -0.15) is 0 Å². The Morgan fingerprint density at radius 2 is 2.00 bits per heavy atom. The minimum Gasteiger partial charge on any atom is -0.478 e. The maximum absolute atomic E-state index is 10.7. The van der Waals surface area contributed by atoms with Crippen LogP contribution in [0.3, 0.4) is 0 Å². The summed E-state index contributed by atoms with van der Waals surface area (Å²) < 4.78 is 0. The quantitative estimate of drug-likeness (QED) is 0.452. The number of hydrogen-bond acceptors (Lipinski definition) is 5. The molecule has 1 aromatic carbocycles. The molecule has 0 saturated carbocycles. The fraction of sp³-hybridized carbons (Fsp3) is 0.364. The van der Waals surface area contributed by atoms with Crippen LogP contribution in [-0.4, -0.2) is 39.1 Å². The van der Waals surface area contributed by atoms with Gasteiger partial charge in [0.05, 0.1) is 11.7 Å². The molecule has 0 aliphatic carbocycles. The van der Waals surface area contributed by atoms with Crippen LogP contribution in [-0.2, 0) is 0 Å². The molecule has 0 fully saturated rings. The second kappa shape index (κ2) is 5.62. The molecule has 1 aromatic rings. The lowest BCUT2D eigenvalue weighted by Gasteiger charge is -2.19. The van der Waals surface area contributed by atoms with Crippen LogP contribution in [0.2, 0.25) is 0 Å². The van der Waals surface area contributed by atoms with E-state index in [-0.39, 0.29) is 29.8 Å². The van der Waals surface area contributed by atoms with Crippen molar-refractivity contribution < 1.29 is 25.2 Å². The topological polar surface area (TPSA) is 124 Å². The average molecular weight is 241 g/mol. The van der Waals surface area contributed by atoms with E-state index in [0.29, 0.717) is 0 Å². The van der Waals surface area contributed by atoms with Crippen LogP contribution in [0.5, 0.6) is 0 Å². The Hall–Kier alpha value is -1.63. The first kappa shape index (κ1) is 13.4. The van der Waals surface area contributed by atoms with Gasteiger partial charge in [0.2, 0.25) is 0 Å². The van der Waals surface area contributed by atoms with Gasteiger partial charge in [-0.05, 0) is 18.6 Å². The van der Waals surface area contributed by atoms with E-state index in [1.54, 1.807) is 0 Å². The maximum Gasteiger partial charge on any atom is 0.335 e. The van der Waals surface area contributed by atoms with E-state index < -0.39 is 18.2 Å². The minimum absolute atomic E-state index is 0.00935. The summed E-state index contributed by atoms with van der Waals surface area (Å²) in [5.41, 5.74) is 5.94. The van der Waals surface area contributed by atoms with Crippen LogP contribution in [0.1, 0.15) is 28.4 Å². The monoisotopic (exact) mass is 241 g/mol. The number of hydrogen-bond donors (Lipinski definition) is 5. The molecule has 0 aromatic heterocycles. The highest BCUT2D eigenvalue weighted by atomic mass is 16.4. The van der Waals surface area contributed by atoms with Crippen LogP contribution < -0.4 is 5.73 Å². The van der Waals surface area contributed by atoms with Gasteiger partial charge in [-0.15, -0.1) is 0 Å². The van der Waals surface area contributed by atoms with Gasteiger partial charge in [-0.1, -0.05) is 6.07 Å². The summed E-state index contributed by atoms with van der Waals surface area (Å²) in [6.45, 7) is -0.259. The van der Waals surface area contributed by atoms with E-state index in [9.17, 15) is 15.0 Å². The zero-order chi connectivity index (χ0) is 13.0. The second-order valence-corrected chi connectivity index (χ2v) is 3.67. The molecule has 1 rings (SSSR count). The van der Waals surface area contributed by atoms with Crippen LogP contribution in [0.15, 0.2) is 18.2 Å². The predicted molar refractivity (Wildman–Crippen MR) is 60.5 cm³/mol. The molecule has 0 amide bonds. The molecule has 6 N–H and O–H groups in total. The Balaban J connectivity index is 2.95. The van der Waals surface area contributed by atoms with Crippen LogP contribution in [0.4, 0.5) is 5.69 Å². The number of carboxylic acids is 1. The Kier molecular flexibility index (Phi) is 4.45. The first-order valence-corrected chi connectivity index (χ1v) is 5.07. The Labute approximate surface area is 97.9 Å². The first-order chi connectivity index (χ1) is 7.97. The minimum atomic E-state index is -1.25. The van der Waals surface area contributed by atoms with Crippen molar-refractivity contribution in [1.82, 2.24) is 0 Å². The number of carboxylic acid groups (broad SMARTS) is 1. The molecule has 94 valence electrons. The smallest absolute Gasteiger partial charge is 0.335 e. The van der Waals surface area contributed by atoms with Crippen molar-refractivity contribution in [3.63, 3.8) is 0 Å². The van der Waals surface area contributed by atoms with Crippen LogP contribution in [0.25, 0.3) is 0 Å². The van der Waals surface area contributed by atoms with Crippen molar-refractivity contribution in [2.75, 3.05) is 12.3 Å². The molecular formula is C11H15NO5.